The Morgan fingerprint density at radius 1 is 1.12 bits per heavy atom. The molecule has 0 saturated carbocycles. The van der Waals surface area contributed by atoms with Crippen LogP contribution in [0.15, 0.2) is 58.4 Å². The Kier molecular flexibility index (Phi) is 5.84. The first kappa shape index (κ1) is 22.4. The summed E-state index contributed by atoms with van der Waals surface area (Å²) < 4.78 is 25.0. The van der Waals surface area contributed by atoms with Crippen LogP contribution < -0.4 is 5.32 Å². The van der Waals surface area contributed by atoms with E-state index in [1.807, 2.05) is 44.2 Å². The van der Waals surface area contributed by atoms with Gasteiger partial charge in [0, 0.05) is 23.3 Å². The summed E-state index contributed by atoms with van der Waals surface area (Å²) in [6.07, 6.45) is 2.51. The van der Waals surface area contributed by atoms with Gasteiger partial charge in [-0.1, -0.05) is 41.7 Å². The van der Waals surface area contributed by atoms with Crippen LogP contribution in [-0.2, 0) is 14.6 Å². The molecule has 1 N–H and O–H groups in total. The highest BCUT2D eigenvalue weighted by Gasteiger charge is 2.18. The van der Waals surface area contributed by atoms with E-state index in [1.165, 1.54) is 6.08 Å². The zero-order valence-electron chi connectivity index (χ0n) is 18.0. The van der Waals surface area contributed by atoms with Crippen LogP contribution in [0.4, 0.5) is 5.13 Å². The van der Waals surface area contributed by atoms with Crippen LogP contribution in [0.25, 0.3) is 22.5 Å². The van der Waals surface area contributed by atoms with Gasteiger partial charge in [0.25, 0.3) is 5.91 Å². The van der Waals surface area contributed by atoms with Crippen molar-refractivity contribution < 1.29 is 13.2 Å². The van der Waals surface area contributed by atoms with Crippen molar-refractivity contribution in [2.45, 2.75) is 18.2 Å². The van der Waals surface area contributed by atoms with Gasteiger partial charge in [0.15, 0.2) is 0 Å². The molecule has 0 unspecified atom stereocenters. The largest absolute Gasteiger partial charge is 0.318 e. The number of amides is 1. The SMILES string of the molecule is Cc1cc(C=C(C#N)C(=O)Nc2nnc(S(C)(=O)=O)s2)c(C)n1-c1ccc2ccccc2c1. The predicted molar refractivity (Wildman–Crippen MR) is 128 cm³/mol. The molecule has 10 heteroatoms. The third-order valence-corrected chi connectivity index (χ3v) is 7.58. The molecular formula is C23H19N5O3S2. The lowest BCUT2D eigenvalue weighted by molar-refractivity contribution is -0.112. The first-order valence-electron chi connectivity index (χ1n) is 9.82. The van der Waals surface area contributed by atoms with Crippen LogP contribution in [-0.4, -0.2) is 35.3 Å². The molecule has 33 heavy (non-hydrogen) atoms. The Bertz CT molecular complexity index is 1570. The number of sulfone groups is 1. The molecule has 0 saturated heterocycles. The second kappa shape index (κ2) is 8.61. The molecule has 0 aliphatic rings. The maximum Gasteiger partial charge on any atom is 0.268 e. The fraction of sp³-hybridized carbons (Fsp3) is 0.130. The van der Waals surface area contributed by atoms with Crippen LogP contribution in [0.2, 0.25) is 0 Å². The fourth-order valence-corrected chi connectivity index (χ4v) is 5.03. The number of fused-ring (bicyclic) bond motifs is 1. The minimum Gasteiger partial charge on any atom is -0.318 e. The van der Waals surface area contributed by atoms with Crippen molar-refractivity contribution in [3.05, 3.63) is 71.1 Å². The Morgan fingerprint density at radius 3 is 2.52 bits per heavy atom. The van der Waals surface area contributed by atoms with Crippen molar-refractivity contribution in [2.75, 3.05) is 11.6 Å². The van der Waals surface area contributed by atoms with Gasteiger partial charge in [-0.2, -0.15) is 5.26 Å². The van der Waals surface area contributed by atoms with Gasteiger partial charge in [-0.15, -0.1) is 10.2 Å². The van der Waals surface area contributed by atoms with Gasteiger partial charge < -0.3 is 4.57 Å². The van der Waals surface area contributed by atoms with Crippen LogP contribution in [0.1, 0.15) is 17.0 Å². The molecule has 2 aromatic carbocycles. The van der Waals surface area contributed by atoms with Gasteiger partial charge in [0.2, 0.25) is 19.3 Å². The van der Waals surface area contributed by atoms with Crippen molar-refractivity contribution in [3.8, 4) is 11.8 Å². The van der Waals surface area contributed by atoms with E-state index in [4.69, 9.17) is 0 Å². The third kappa shape index (κ3) is 4.55. The van der Waals surface area contributed by atoms with Gasteiger partial charge in [0.1, 0.15) is 11.6 Å². The first-order chi connectivity index (χ1) is 15.7. The van der Waals surface area contributed by atoms with E-state index in [1.54, 1.807) is 0 Å². The summed E-state index contributed by atoms with van der Waals surface area (Å²) in [5.74, 6) is -0.691. The highest BCUT2D eigenvalue weighted by molar-refractivity contribution is 7.92. The van der Waals surface area contributed by atoms with E-state index in [0.29, 0.717) is 0 Å². The highest BCUT2D eigenvalue weighted by Crippen LogP contribution is 2.26. The number of carbonyl (C=O) groups excluding carboxylic acids is 1. The van der Waals surface area contributed by atoms with E-state index in [2.05, 4.69) is 44.3 Å². The topological polar surface area (TPSA) is 118 Å². The number of nitriles is 1. The summed E-state index contributed by atoms with van der Waals surface area (Å²) >= 11 is 0.727. The van der Waals surface area contributed by atoms with Gasteiger partial charge in [-0.25, -0.2) is 8.42 Å². The van der Waals surface area contributed by atoms with Crippen molar-refractivity contribution >= 4 is 49.1 Å². The maximum absolute atomic E-state index is 12.6. The second-order valence-corrected chi connectivity index (χ2v) is 10.6. The Morgan fingerprint density at radius 2 is 1.85 bits per heavy atom. The number of nitrogens with zero attached hydrogens (tertiary/aromatic N) is 4. The molecule has 0 aliphatic heterocycles. The molecule has 0 radical (unpaired) electrons. The minimum atomic E-state index is -3.53. The molecule has 2 heterocycles. The zero-order valence-corrected chi connectivity index (χ0v) is 19.7. The Hall–Kier alpha value is -3.81. The van der Waals surface area contributed by atoms with Crippen molar-refractivity contribution in [2.24, 2.45) is 0 Å². The lowest BCUT2D eigenvalue weighted by Gasteiger charge is -2.11. The molecular weight excluding hydrogens is 458 g/mol. The minimum absolute atomic E-state index is 0.00297. The number of hydrogen-bond acceptors (Lipinski definition) is 7. The van der Waals surface area contributed by atoms with Gasteiger partial charge in [0.05, 0.1) is 0 Å². The van der Waals surface area contributed by atoms with Crippen molar-refractivity contribution in [1.82, 2.24) is 14.8 Å². The summed E-state index contributed by atoms with van der Waals surface area (Å²) in [5, 5.41) is 21.5. The number of carbonyl (C=O) groups is 1. The number of aromatic nitrogens is 3. The van der Waals surface area contributed by atoms with Gasteiger partial charge in [-0.3, -0.25) is 10.1 Å². The van der Waals surface area contributed by atoms with E-state index in [9.17, 15) is 18.5 Å². The fourth-order valence-electron chi connectivity index (χ4n) is 3.53. The van der Waals surface area contributed by atoms with Crippen molar-refractivity contribution in [3.63, 3.8) is 0 Å². The average Bonchev–Trinajstić information content (AvgIpc) is 3.35. The molecule has 166 valence electrons. The van der Waals surface area contributed by atoms with E-state index in [-0.39, 0.29) is 15.0 Å². The summed E-state index contributed by atoms with van der Waals surface area (Å²) in [4.78, 5) is 12.6. The smallest absolute Gasteiger partial charge is 0.268 e. The summed E-state index contributed by atoms with van der Waals surface area (Å²) in [5.41, 5.74) is 3.40. The molecule has 0 fully saturated rings. The quantitative estimate of drug-likeness (QED) is 0.263. The summed E-state index contributed by atoms with van der Waals surface area (Å²) in [6.45, 7) is 3.88. The number of hydrogen-bond donors (Lipinski definition) is 1. The Balaban J connectivity index is 1.65. The monoisotopic (exact) mass is 477 g/mol. The molecule has 0 bridgehead atoms. The molecule has 8 nitrogen and oxygen atoms in total. The normalized spacial score (nSPS) is 12.0. The van der Waals surface area contributed by atoms with Gasteiger partial charge >= 0.3 is 0 Å². The zero-order chi connectivity index (χ0) is 23.8. The van der Waals surface area contributed by atoms with Crippen LogP contribution >= 0.6 is 11.3 Å². The van der Waals surface area contributed by atoms with Crippen LogP contribution in [0.5, 0.6) is 0 Å². The molecule has 0 aliphatic carbocycles. The van der Waals surface area contributed by atoms with Gasteiger partial charge in [-0.05, 0) is 54.5 Å². The molecule has 4 aromatic rings. The van der Waals surface area contributed by atoms with E-state index >= 15 is 0 Å². The maximum atomic E-state index is 12.6. The molecule has 0 spiro atoms. The molecule has 2 aromatic heterocycles. The summed E-state index contributed by atoms with van der Waals surface area (Å²) in [7, 11) is -3.53. The van der Waals surface area contributed by atoms with Crippen LogP contribution in [0.3, 0.4) is 0 Å². The van der Waals surface area contributed by atoms with Crippen molar-refractivity contribution in [1.29, 1.82) is 5.26 Å². The van der Waals surface area contributed by atoms with E-state index < -0.39 is 15.7 Å². The predicted octanol–water partition coefficient (Wildman–Crippen LogP) is 4.05. The number of aryl methyl sites for hydroxylation is 1. The lowest BCUT2D eigenvalue weighted by atomic mass is 10.1. The summed E-state index contributed by atoms with van der Waals surface area (Å²) in [6, 6.07) is 18.1. The number of rotatable bonds is 5. The standard InChI is InChI=1S/C23H19N5O3S2/c1-14-10-18(15(2)28(14)20-9-8-16-6-4-5-7-17(16)12-20)11-19(13-24)21(29)25-22-26-27-23(32-22)33(3,30)31/h4-12H,1-3H3,(H,25,26,29). The molecule has 1 amide bonds. The molecule has 0 atom stereocenters. The second-order valence-electron chi connectivity index (χ2n) is 7.46. The number of nitrogens with one attached hydrogen (secondary N) is 1. The average molecular weight is 478 g/mol. The third-order valence-electron chi connectivity index (χ3n) is 5.07. The Labute approximate surface area is 194 Å². The molecule has 4 rings (SSSR count). The number of anilines is 1. The number of benzene rings is 2. The van der Waals surface area contributed by atoms with E-state index in [0.717, 1.165) is 51.0 Å². The first-order valence-corrected chi connectivity index (χ1v) is 12.5. The van der Waals surface area contributed by atoms with Crippen LogP contribution in [0, 0.1) is 25.2 Å². The lowest BCUT2D eigenvalue weighted by Crippen LogP contribution is -2.13. The highest BCUT2D eigenvalue weighted by atomic mass is 32.2.